The predicted molar refractivity (Wildman–Crippen MR) is 84.5 cm³/mol. The van der Waals surface area contributed by atoms with Gasteiger partial charge in [0.25, 0.3) is 0 Å². The number of nitrogen functional groups attached to an aromatic ring is 1. The Morgan fingerprint density at radius 2 is 1.90 bits per heavy atom. The van der Waals surface area contributed by atoms with Gasteiger partial charge in [-0.15, -0.1) is 0 Å². The van der Waals surface area contributed by atoms with Crippen molar-refractivity contribution in [3.63, 3.8) is 0 Å². The molecule has 1 atom stereocenters. The lowest BCUT2D eigenvalue weighted by Crippen LogP contribution is -2.21. The molecule has 1 aromatic carbocycles. The van der Waals surface area contributed by atoms with Crippen molar-refractivity contribution in [1.29, 1.82) is 0 Å². The van der Waals surface area contributed by atoms with Gasteiger partial charge in [-0.3, -0.25) is 4.98 Å². The molecule has 1 heterocycles. The molecule has 2 rings (SSSR count). The van der Waals surface area contributed by atoms with Gasteiger partial charge in [-0.2, -0.15) is 0 Å². The van der Waals surface area contributed by atoms with Crippen molar-refractivity contribution in [2.45, 2.75) is 25.8 Å². The molecule has 3 heteroatoms. The number of anilines is 1. The van der Waals surface area contributed by atoms with Gasteiger partial charge < -0.3 is 10.6 Å². The van der Waals surface area contributed by atoms with Crippen LogP contribution in [0.25, 0.3) is 0 Å². The second-order valence-electron chi connectivity index (χ2n) is 5.42. The summed E-state index contributed by atoms with van der Waals surface area (Å²) >= 11 is 0. The van der Waals surface area contributed by atoms with Gasteiger partial charge in [-0.1, -0.05) is 25.1 Å². The summed E-state index contributed by atoms with van der Waals surface area (Å²) in [4.78, 5) is 6.67. The van der Waals surface area contributed by atoms with Gasteiger partial charge in [0.15, 0.2) is 0 Å². The molecule has 0 aliphatic rings. The molecule has 0 aliphatic heterocycles. The maximum atomic E-state index is 5.72. The van der Waals surface area contributed by atoms with E-state index in [9.17, 15) is 0 Å². The molecule has 1 aromatic heterocycles. The van der Waals surface area contributed by atoms with E-state index in [1.807, 2.05) is 30.5 Å². The maximum absolute atomic E-state index is 5.72. The van der Waals surface area contributed by atoms with Crippen molar-refractivity contribution >= 4 is 5.69 Å². The van der Waals surface area contributed by atoms with Crippen LogP contribution in [0.5, 0.6) is 0 Å². The van der Waals surface area contributed by atoms with Crippen molar-refractivity contribution in [3.8, 4) is 0 Å². The normalized spacial score (nSPS) is 12.6. The smallest absolute Gasteiger partial charge is 0.0543 e. The standard InChI is InChI=1S/C17H23N3/c1-14(15-6-8-16(18)9-7-15)10-12-20(2)13-17-5-3-4-11-19-17/h3-9,11,14H,10,12-13,18H2,1-2H3. The van der Waals surface area contributed by atoms with E-state index in [2.05, 4.69) is 42.1 Å². The average Bonchev–Trinajstić information content (AvgIpc) is 2.46. The second-order valence-corrected chi connectivity index (χ2v) is 5.42. The van der Waals surface area contributed by atoms with E-state index in [1.54, 1.807) is 0 Å². The highest BCUT2D eigenvalue weighted by Gasteiger charge is 2.08. The summed E-state index contributed by atoms with van der Waals surface area (Å²) in [5.74, 6) is 0.543. The topological polar surface area (TPSA) is 42.2 Å². The number of nitrogens with two attached hydrogens (primary N) is 1. The maximum Gasteiger partial charge on any atom is 0.0543 e. The van der Waals surface area contributed by atoms with E-state index in [1.165, 1.54) is 5.56 Å². The van der Waals surface area contributed by atoms with Crippen LogP contribution in [-0.4, -0.2) is 23.5 Å². The quantitative estimate of drug-likeness (QED) is 0.818. The summed E-state index contributed by atoms with van der Waals surface area (Å²) in [6, 6.07) is 14.3. The molecule has 0 saturated carbocycles. The number of rotatable bonds is 6. The molecule has 20 heavy (non-hydrogen) atoms. The molecule has 0 radical (unpaired) electrons. The van der Waals surface area contributed by atoms with Gasteiger partial charge in [-0.25, -0.2) is 0 Å². The Hall–Kier alpha value is -1.87. The lowest BCUT2D eigenvalue weighted by atomic mass is 9.97. The van der Waals surface area contributed by atoms with Crippen LogP contribution in [0.1, 0.15) is 30.5 Å². The number of hydrogen-bond acceptors (Lipinski definition) is 3. The molecular weight excluding hydrogens is 246 g/mol. The fraction of sp³-hybridized carbons (Fsp3) is 0.353. The van der Waals surface area contributed by atoms with Crippen LogP contribution in [0, 0.1) is 0 Å². The van der Waals surface area contributed by atoms with Crippen molar-refractivity contribution in [1.82, 2.24) is 9.88 Å². The van der Waals surface area contributed by atoms with Crippen molar-refractivity contribution in [2.24, 2.45) is 0 Å². The van der Waals surface area contributed by atoms with Gasteiger partial charge in [0.1, 0.15) is 0 Å². The van der Waals surface area contributed by atoms with E-state index in [-0.39, 0.29) is 0 Å². The van der Waals surface area contributed by atoms with Crippen molar-refractivity contribution < 1.29 is 0 Å². The summed E-state index contributed by atoms with van der Waals surface area (Å²) < 4.78 is 0. The molecular formula is C17H23N3. The van der Waals surface area contributed by atoms with Crippen molar-refractivity contribution in [3.05, 3.63) is 59.9 Å². The van der Waals surface area contributed by atoms with E-state index >= 15 is 0 Å². The van der Waals surface area contributed by atoms with E-state index in [0.29, 0.717) is 5.92 Å². The largest absolute Gasteiger partial charge is 0.399 e. The Kier molecular flexibility index (Phi) is 5.13. The second kappa shape index (κ2) is 7.06. The highest BCUT2D eigenvalue weighted by atomic mass is 15.1. The van der Waals surface area contributed by atoms with Crippen LogP contribution < -0.4 is 5.73 Å². The van der Waals surface area contributed by atoms with Crippen LogP contribution in [-0.2, 0) is 6.54 Å². The van der Waals surface area contributed by atoms with Crippen LogP contribution in [0.2, 0.25) is 0 Å². The van der Waals surface area contributed by atoms with Crippen LogP contribution >= 0.6 is 0 Å². The first kappa shape index (κ1) is 14.5. The molecule has 0 spiro atoms. The Balaban J connectivity index is 1.81. The van der Waals surface area contributed by atoms with Crippen molar-refractivity contribution in [2.75, 3.05) is 19.3 Å². The Labute approximate surface area is 121 Å². The molecule has 1 unspecified atom stereocenters. The van der Waals surface area contributed by atoms with Gasteiger partial charge in [-0.05, 0) is 55.8 Å². The number of aromatic nitrogens is 1. The minimum absolute atomic E-state index is 0.543. The Bertz CT molecular complexity index is 508. The molecule has 0 saturated heterocycles. The highest BCUT2D eigenvalue weighted by Crippen LogP contribution is 2.20. The molecule has 0 bridgehead atoms. The summed E-state index contributed by atoms with van der Waals surface area (Å²) in [5, 5.41) is 0. The van der Waals surface area contributed by atoms with Crippen LogP contribution in [0.3, 0.4) is 0 Å². The summed E-state index contributed by atoms with van der Waals surface area (Å²) in [6.07, 6.45) is 2.98. The number of hydrogen-bond donors (Lipinski definition) is 1. The van der Waals surface area contributed by atoms with Crippen LogP contribution in [0.4, 0.5) is 5.69 Å². The van der Waals surface area contributed by atoms with Crippen LogP contribution in [0.15, 0.2) is 48.7 Å². The third-order valence-electron chi connectivity index (χ3n) is 3.61. The predicted octanol–water partition coefficient (Wildman–Crippen LogP) is 3.29. The highest BCUT2D eigenvalue weighted by molar-refractivity contribution is 5.40. The number of nitrogens with zero attached hydrogens (tertiary/aromatic N) is 2. The molecule has 106 valence electrons. The average molecular weight is 269 g/mol. The first-order valence-corrected chi connectivity index (χ1v) is 7.09. The van der Waals surface area contributed by atoms with Gasteiger partial charge in [0.05, 0.1) is 5.69 Å². The Morgan fingerprint density at radius 1 is 1.15 bits per heavy atom. The zero-order valence-corrected chi connectivity index (χ0v) is 12.3. The Morgan fingerprint density at radius 3 is 2.55 bits per heavy atom. The van der Waals surface area contributed by atoms with Gasteiger partial charge in [0.2, 0.25) is 0 Å². The number of benzene rings is 1. The summed E-state index contributed by atoms with van der Waals surface area (Å²) in [7, 11) is 2.14. The lowest BCUT2D eigenvalue weighted by Gasteiger charge is -2.19. The fourth-order valence-corrected chi connectivity index (χ4v) is 2.25. The van der Waals surface area contributed by atoms with Gasteiger partial charge in [0, 0.05) is 18.4 Å². The van der Waals surface area contributed by atoms with E-state index < -0.39 is 0 Å². The third-order valence-corrected chi connectivity index (χ3v) is 3.61. The summed E-state index contributed by atoms with van der Waals surface area (Å²) in [5.41, 5.74) is 9.02. The minimum atomic E-state index is 0.543. The molecule has 0 amide bonds. The molecule has 0 aliphatic carbocycles. The SMILES string of the molecule is CC(CCN(C)Cc1ccccn1)c1ccc(N)cc1. The number of pyridine rings is 1. The first-order chi connectivity index (χ1) is 9.65. The van der Waals surface area contributed by atoms with Gasteiger partial charge >= 0.3 is 0 Å². The zero-order valence-electron chi connectivity index (χ0n) is 12.3. The monoisotopic (exact) mass is 269 g/mol. The van der Waals surface area contributed by atoms with E-state index in [0.717, 1.165) is 30.9 Å². The molecule has 3 nitrogen and oxygen atoms in total. The summed E-state index contributed by atoms with van der Waals surface area (Å²) in [6.45, 7) is 4.22. The molecule has 0 fully saturated rings. The first-order valence-electron chi connectivity index (χ1n) is 7.09. The fourth-order valence-electron chi connectivity index (χ4n) is 2.25. The minimum Gasteiger partial charge on any atom is -0.399 e. The molecule has 2 N–H and O–H groups in total. The molecule has 2 aromatic rings. The zero-order chi connectivity index (χ0) is 14.4. The third kappa shape index (κ3) is 4.35. The van der Waals surface area contributed by atoms with E-state index in [4.69, 9.17) is 5.73 Å². The lowest BCUT2D eigenvalue weighted by molar-refractivity contribution is 0.310.